The number of methoxy groups -OCH3 is 1. The molecule has 2 aromatic rings. The monoisotopic (exact) mass is 457 g/mol. The van der Waals surface area contributed by atoms with Crippen LogP contribution in [-0.4, -0.2) is 73.8 Å². The summed E-state index contributed by atoms with van der Waals surface area (Å²) in [4.78, 5) is 28.9. The number of hydrogen-bond acceptors (Lipinski definition) is 6. The highest BCUT2D eigenvalue weighted by Crippen LogP contribution is 2.23. The minimum absolute atomic E-state index is 0.143. The second-order valence-electron chi connectivity index (χ2n) is 8.18. The molecule has 4 rings (SSSR count). The van der Waals surface area contributed by atoms with Gasteiger partial charge in [0.25, 0.3) is 5.91 Å². The molecule has 2 aromatic carbocycles. The van der Waals surface area contributed by atoms with E-state index in [1.54, 1.807) is 42.3 Å². The summed E-state index contributed by atoms with van der Waals surface area (Å²) in [5.74, 6) is 4.77. The van der Waals surface area contributed by atoms with E-state index in [1.807, 2.05) is 5.43 Å². The van der Waals surface area contributed by atoms with E-state index in [9.17, 15) is 14.0 Å². The molecule has 2 fully saturated rings. The van der Waals surface area contributed by atoms with Crippen molar-refractivity contribution in [2.75, 3.05) is 45.3 Å². The molecule has 0 radical (unpaired) electrons. The lowest BCUT2D eigenvalue weighted by molar-refractivity contribution is -0.0812. The lowest BCUT2D eigenvalue weighted by Gasteiger charge is -2.46. The minimum Gasteiger partial charge on any atom is -0.497 e. The van der Waals surface area contributed by atoms with Gasteiger partial charge in [0.1, 0.15) is 11.6 Å². The number of benzene rings is 2. The standard InChI is InChI=1S/C23H28FN5O4/c1-32-20-6-4-17(5-7-20)26-23(31)29-9-8-28(19-13-33-14-19)12-18(29)10-15-2-3-16(11-21(15)24)22(30)27-25/h2-7,11,18-19H,8-10,12-14,25H2,1H3,(H,26,31)(H,27,30). The van der Waals surface area contributed by atoms with E-state index in [4.69, 9.17) is 15.3 Å². The predicted molar refractivity (Wildman–Crippen MR) is 120 cm³/mol. The summed E-state index contributed by atoms with van der Waals surface area (Å²) < 4.78 is 25.3. The van der Waals surface area contributed by atoms with Gasteiger partial charge in [-0.15, -0.1) is 0 Å². The van der Waals surface area contributed by atoms with Crippen LogP contribution >= 0.6 is 0 Å². The number of nitrogen functional groups attached to an aromatic ring is 1. The van der Waals surface area contributed by atoms with Crippen molar-refractivity contribution >= 4 is 17.6 Å². The van der Waals surface area contributed by atoms with Crippen molar-refractivity contribution in [3.63, 3.8) is 0 Å². The summed E-state index contributed by atoms with van der Waals surface area (Å²) >= 11 is 0. The number of hydrazine groups is 1. The highest BCUT2D eigenvalue weighted by molar-refractivity contribution is 5.93. The normalized spacial score (nSPS) is 19.0. The molecule has 3 amide bonds. The molecule has 0 aromatic heterocycles. The number of nitrogens with zero attached hydrogens (tertiary/aromatic N) is 2. The van der Waals surface area contributed by atoms with Gasteiger partial charge >= 0.3 is 6.03 Å². The number of carbonyl (C=O) groups is 2. The van der Waals surface area contributed by atoms with Crippen LogP contribution in [-0.2, 0) is 11.2 Å². The summed E-state index contributed by atoms with van der Waals surface area (Å²) in [6.45, 7) is 3.18. The quantitative estimate of drug-likeness (QED) is 0.345. The number of nitrogens with two attached hydrogens (primary N) is 1. The van der Waals surface area contributed by atoms with Gasteiger partial charge in [0, 0.05) is 30.9 Å². The Hall–Kier alpha value is -3.21. The summed E-state index contributed by atoms with van der Waals surface area (Å²) in [5, 5.41) is 2.92. The van der Waals surface area contributed by atoms with Crippen LogP contribution in [0.15, 0.2) is 42.5 Å². The van der Waals surface area contributed by atoms with Gasteiger partial charge in [-0.3, -0.25) is 15.1 Å². The van der Waals surface area contributed by atoms with Crippen molar-refractivity contribution in [3.8, 4) is 5.75 Å². The van der Waals surface area contributed by atoms with Crippen LogP contribution in [0.4, 0.5) is 14.9 Å². The molecule has 2 aliphatic rings. The lowest BCUT2D eigenvalue weighted by atomic mass is 9.99. The van der Waals surface area contributed by atoms with E-state index in [0.29, 0.717) is 55.8 Å². The fourth-order valence-electron chi connectivity index (χ4n) is 4.15. The summed E-state index contributed by atoms with van der Waals surface area (Å²) in [6.07, 6.45) is 0.316. The lowest BCUT2D eigenvalue weighted by Crippen LogP contribution is -2.62. The molecule has 0 bridgehead atoms. The molecule has 9 nitrogen and oxygen atoms in total. The van der Waals surface area contributed by atoms with Crippen molar-refractivity contribution in [2.45, 2.75) is 18.5 Å². The summed E-state index contributed by atoms with van der Waals surface area (Å²) in [6, 6.07) is 11.2. The van der Waals surface area contributed by atoms with Crippen LogP contribution < -0.4 is 21.3 Å². The van der Waals surface area contributed by atoms with Crippen molar-refractivity contribution < 1.29 is 23.5 Å². The predicted octanol–water partition coefficient (Wildman–Crippen LogP) is 1.60. The second kappa shape index (κ2) is 10.2. The highest BCUT2D eigenvalue weighted by Gasteiger charge is 2.36. The maximum absolute atomic E-state index is 14.8. The molecule has 1 unspecified atom stereocenters. The molecular formula is C23H28FN5O4. The van der Waals surface area contributed by atoms with Gasteiger partial charge in [-0.1, -0.05) is 6.07 Å². The fraction of sp³-hybridized carbons (Fsp3) is 0.391. The minimum atomic E-state index is -0.560. The molecule has 0 aliphatic carbocycles. The zero-order valence-electron chi connectivity index (χ0n) is 18.4. The number of rotatable bonds is 6. The number of piperazine rings is 1. The number of ether oxygens (including phenoxy) is 2. The Balaban J connectivity index is 1.51. The SMILES string of the molecule is COc1ccc(NC(=O)N2CCN(C3COC3)CC2Cc2ccc(C(=O)NN)cc2F)cc1. The average molecular weight is 458 g/mol. The van der Waals surface area contributed by atoms with Gasteiger partial charge in [-0.2, -0.15) is 0 Å². The van der Waals surface area contributed by atoms with Gasteiger partial charge < -0.3 is 19.7 Å². The van der Waals surface area contributed by atoms with Crippen molar-refractivity contribution in [1.82, 2.24) is 15.2 Å². The molecule has 10 heteroatoms. The molecule has 2 heterocycles. The Labute approximate surface area is 191 Å². The van der Waals surface area contributed by atoms with Crippen molar-refractivity contribution in [1.29, 1.82) is 0 Å². The van der Waals surface area contributed by atoms with Crippen LogP contribution in [0, 0.1) is 5.82 Å². The van der Waals surface area contributed by atoms with E-state index in [0.717, 1.165) is 6.54 Å². The first kappa shape index (κ1) is 23.0. The number of urea groups is 1. The average Bonchev–Trinajstić information content (AvgIpc) is 2.79. The third kappa shape index (κ3) is 5.24. The molecule has 2 saturated heterocycles. The topological polar surface area (TPSA) is 109 Å². The maximum atomic E-state index is 14.8. The van der Waals surface area contributed by atoms with E-state index >= 15 is 0 Å². The van der Waals surface area contributed by atoms with Gasteiger partial charge in [0.2, 0.25) is 0 Å². The highest BCUT2D eigenvalue weighted by atomic mass is 19.1. The van der Waals surface area contributed by atoms with Crippen LogP contribution in [0.25, 0.3) is 0 Å². The molecule has 176 valence electrons. The number of anilines is 1. The van der Waals surface area contributed by atoms with Crippen molar-refractivity contribution in [3.05, 3.63) is 59.4 Å². The number of carbonyl (C=O) groups excluding carboxylic acids is 2. The molecule has 0 spiro atoms. The maximum Gasteiger partial charge on any atom is 0.322 e. The van der Waals surface area contributed by atoms with Crippen LogP contribution in [0.1, 0.15) is 15.9 Å². The van der Waals surface area contributed by atoms with E-state index < -0.39 is 11.7 Å². The fourth-order valence-corrected chi connectivity index (χ4v) is 4.15. The largest absolute Gasteiger partial charge is 0.497 e. The molecule has 33 heavy (non-hydrogen) atoms. The third-order valence-corrected chi connectivity index (χ3v) is 6.16. The Morgan fingerprint density at radius 3 is 2.55 bits per heavy atom. The van der Waals surface area contributed by atoms with E-state index in [-0.39, 0.29) is 17.6 Å². The Bertz CT molecular complexity index is 999. The molecule has 1 atom stereocenters. The van der Waals surface area contributed by atoms with E-state index in [2.05, 4.69) is 10.2 Å². The van der Waals surface area contributed by atoms with Gasteiger partial charge in [-0.05, 0) is 48.4 Å². The zero-order chi connectivity index (χ0) is 23.4. The number of amides is 3. The Morgan fingerprint density at radius 1 is 1.18 bits per heavy atom. The summed E-state index contributed by atoms with van der Waals surface area (Å²) in [5.41, 5.74) is 3.23. The zero-order valence-corrected chi connectivity index (χ0v) is 18.4. The third-order valence-electron chi connectivity index (χ3n) is 6.16. The molecule has 4 N–H and O–H groups in total. The smallest absolute Gasteiger partial charge is 0.322 e. The first-order valence-corrected chi connectivity index (χ1v) is 10.8. The summed E-state index contributed by atoms with van der Waals surface area (Å²) in [7, 11) is 1.58. The first-order chi connectivity index (χ1) is 16.0. The van der Waals surface area contributed by atoms with Gasteiger partial charge in [0.15, 0.2) is 0 Å². The van der Waals surface area contributed by atoms with Crippen LogP contribution in [0.2, 0.25) is 0 Å². The van der Waals surface area contributed by atoms with Crippen LogP contribution in [0.3, 0.4) is 0 Å². The van der Waals surface area contributed by atoms with E-state index in [1.165, 1.54) is 12.1 Å². The van der Waals surface area contributed by atoms with Gasteiger partial charge in [-0.25, -0.2) is 15.0 Å². The van der Waals surface area contributed by atoms with Crippen molar-refractivity contribution in [2.24, 2.45) is 5.84 Å². The second-order valence-corrected chi connectivity index (χ2v) is 8.18. The molecule has 2 aliphatic heterocycles. The number of nitrogens with one attached hydrogen (secondary N) is 2. The number of halogens is 1. The van der Waals surface area contributed by atoms with Crippen LogP contribution in [0.5, 0.6) is 5.75 Å². The molecule has 0 saturated carbocycles. The number of hydrogen-bond donors (Lipinski definition) is 3. The molecular weight excluding hydrogens is 429 g/mol. The Morgan fingerprint density at radius 2 is 1.94 bits per heavy atom. The Kier molecular flexibility index (Phi) is 7.07. The first-order valence-electron chi connectivity index (χ1n) is 10.8. The van der Waals surface area contributed by atoms with Gasteiger partial charge in [0.05, 0.1) is 32.4 Å².